The molecule has 14 heavy (non-hydrogen) atoms. The van der Waals surface area contributed by atoms with Gasteiger partial charge >= 0.3 is 0 Å². The van der Waals surface area contributed by atoms with Crippen LogP contribution in [0.15, 0.2) is 12.7 Å². The molecule has 0 aromatic carbocycles. The molecule has 0 aliphatic carbocycles. The number of rotatable bonds is 1. The highest BCUT2D eigenvalue weighted by Crippen LogP contribution is 2.21. The van der Waals surface area contributed by atoms with Gasteiger partial charge in [0.1, 0.15) is 11.8 Å². The number of hydrogen-bond acceptors (Lipinski definition) is 4. The number of fused-ring (bicyclic) bond motifs is 1. The molecule has 0 unspecified atom stereocenters. The minimum Gasteiger partial charge on any atom is -0.313 e. The molecule has 1 aliphatic rings. The van der Waals surface area contributed by atoms with Crippen molar-refractivity contribution in [3.05, 3.63) is 17.8 Å². The topological polar surface area (TPSA) is 55.6 Å². The normalized spacial score (nSPS) is 17.2. The lowest BCUT2D eigenvalue weighted by Gasteiger charge is -2.28. The van der Waals surface area contributed by atoms with Crippen LogP contribution in [0.2, 0.25) is 5.15 Å². The van der Waals surface area contributed by atoms with E-state index in [0.29, 0.717) is 16.7 Å². The van der Waals surface area contributed by atoms with Crippen molar-refractivity contribution in [2.75, 3.05) is 13.1 Å². The molecule has 0 saturated carbocycles. The molecule has 0 amide bonds. The van der Waals surface area contributed by atoms with Gasteiger partial charge in [0.2, 0.25) is 0 Å². The van der Waals surface area contributed by atoms with Crippen molar-refractivity contribution in [2.24, 2.45) is 0 Å². The molecule has 5 nitrogen and oxygen atoms in total. The van der Waals surface area contributed by atoms with Crippen LogP contribution in [-0.4, -0.2) is 32.6 Å². The van der Waals surface area contributed by atoms with Crippen LogP contribution in [0, 0.1) is 0 Å². The van der Waals surface area contributed by atoms with Crippen molar-refractivity contribution in [3.8, 4) is 0 Å². The van der Waals surface area contributed by atoms with E-state index >= 15 is 0 Å². The van der Waals surface area contributed by atoms with E-state index in [2.05, 4.69) is 20.3 Å². The molecule has 72 valence electrons. The fourth-order valence-electron chi connectivity index (χ4n) is 1.56. The summed E-state index contributed by atoms with van der Waals surface area (Å²) in [6, 6.07) is 0.450. The number of hydrogen-bond donors (Lipinski definition) is 1. The number of halogens is 1. The maximum atomic E-state index is 5.89. The molecule has 1 aliphatic heterocycles. The van der Waals surface area contributed by atoms with Gasteiger partial charge in [0, 0.05) is 13.1 Å². The first-order valence-corrected chi connectivity index (χ1v) is 4.78. The molecule has 0 bridgehead atoms. The zero-order chi connectivity index (χ0) is 9.54. The van der Waals surface area contributed by atoms with Crippen LogP contribution < -0.4 is 5.32 Å². The zero-order valence-electron chi connectivity index (χ0n) is 7.31. The molecule has 1 saturated heterocycles. The Hall–Kier alpha value is -1.20. The maximum Gasteiger partial charge on any atom is 0.165 e. The highest BCUT2D eigenvalue weighted by Gasteiger charge is 2.21. The first-order chi connectivity index (χ1) is 6.86. The van der Waals surface area contributed by atoms with Crippen LogP contribution in [0.25, 0.3) is 11.2 Å². The summed E-state index contributed by atoms with van der Waals surface area (Å²) < 4.78 is 2.04. The lowest BCUT2D eigenvalue weighted by molar-refractivity contribution is 0.349. The minimum absolute atomic E-state index is 0.418. The van der Waals surface area contributed by atoms with E-state index in [1.807, 2.05) is 4.57 Å². The molecule has 2 aromatic heterocycles. The summed E-state index contributed by atoms with van der Waals surface area (Å²) >= 11 is 5.89. The SMILES string of the molecule is Clc1ncnc2c1ncn2C1CNC1. The summed E-state index contributed by atoms with van der Waals surface area (Å²) in [6.45, 7) is 1.93. The van der Waals surface area contributed by atoms with E-state index in [1.54, 1.807) is 6.33 Å². The summed E-state index contributed by atoms with van der Waals surface area (Å²) in [6.07, 6.45) is 3.24. The van der Waals surface area contributed by atoms with E-state index in [0.717, 1.165) is 18.7 Å². The Morgan fingerprint density at radius 3 is 2.93 bits per heavy atom. The Morgan fingerprint density at radius 1 is 1.36 bits per heavy atom. The third-order valence-corrected chi connectivity index (χ3v) is 2.74. The van der Waals surface area contributed by atoms with E-state index in [4.69, 9.17) is 11.6 Å². The quantitative estimate of drug-likeness (QED) is 0.700. The van der Waals surface area contributed by atoms with Crippen molar-refractivity contribution in [1.29, 1.82) is 0 Å². The first kappa shape index (κ1) is 8.14. The number of nitrogens with one attached hydrogen (secondary N) is 1. The summed E-state index contributed by atoms with van der Waals surface area (Å²) in [4.78, 5) is 12.3. The smallest absolute Gasteiger partial charge is 0.165 e. The molecule has 0 atom stereocenters. The summed E-state index contributed by atoms with van der Waals surface area (Å²) in [5, 5.41) is 3.62. The van der Waals surface area contributed by atoms with Gasteiger partial charge in [-0.1, -0.05) is 11.6 Å². The second-order valence-electron chi connectivity index (χ2n) is 3.30. The summed E-state index contributed by atoms with van der Waals surface area (Å²) in [5.41, 5.74) is 1.50. The standard InChI is InChI=1S/C8H8ClN5/c9-7-6-8(12-3-11-7)14(4-13-6)5-1-10-2-5/h3-5,10H,1-2H2. The van der Waals surface area contributed by atoms with Crippen molar-refractivity contribution in [1.82, 2.24) is 24.8 Å². The van der Waals surface area contributed by atoms with E-state index in [9.17, 15) is 0 Å². The molecular weight excluding hydrogens is 202 g/mol. The Bertz CT molecular complexity index is 476. The third kappa shape index (κ3) is 1.03. The van der Waals surface area contributed by atoms with Crippen molar-refractivity contribution >= 4 is 22.8 Å². The van der Waals surface area contributed by atoms with Gasteiger partial charge in [-0.15, -0.1) is 0 Å². The van der Waals surface area contributed by atoms with Crippen LogP contribution in [0.5, 0.6) is 0 Å². The Morgan fingerprint density at radius 2 is 2.21 bits per heavy atom. The molecule has 6 heteroatoms. The molecule has 3 rings (SSSR count). The predicted octanol–water partition coefficient (Wildman–Crippen LogP) is 0.624. The Kier molecular flexibility index (Phi) is 1.68. The van der Waals surface area contributed by atoms with E-state index < -0.39 is 0 Å². The number of aromatic nitrogens is 4. The largest absolute Gasteiger partial charge is 0.313 e. The van der Waals surface area contributed by atoms with Crippen LogP contribution in [0.1, 0.15) is 6.04 Å². The number of imidazole rings is 1. The summed E-state index contributed by atoms with van der Waals surface area (Å²) in [7, 11) is 0. The predicted molar refractivity (Wildman–Crippen MR) is 52.2 cm³/mol. The molecule has 1 N–H and O–H groups in total. The van der Waals surface area contributed by atoms with Crippen molar-refractivity contribution < 1.29 is 0 Å². The van der Waals surface area contributed by atoms with Crippen molar-refractivity contribution in [2.45, 2.75) is 6.04 Å². The van der Waals surface area contributed by atoms with Crippen molar-refractivity contribution in [3.63, 3.8) is 0 Å². The van der Waals surface area contributed by atoms with Gasteiger partial charge in [-0.05, 0) is 0 Å². The molecule has 0 radical (unpaired) electrons. The highest BCUT2D eigenvalue weighted by molar-refractivity contribution is 6.33. The lowest BCUT2D eigenvalue weighted by Crippen LogP contribution is -2.43. The van der Waals surface area contributed by atoms with E-state index in [1.165, 1.54) is 6.33 Å². The van der Waals surface area contributed by atoms with Gasteiger partial charge in [0.25, 0.3) is 0 Å². The average Bonchev–Trinajstić information content (AvgIpc) is 2.48. The van der Waals surface area contributed by atoms with Gasteiger partial charge in [-0.25, -0.2) is 15.0 Å². The maximum absolute atomic E-state index is 5.89. The van der Waals surface area contributed by atoms with Crippen LogP contribution >= 0.6 is 11.6 Å². The van der Waals surface area contributed by atoms with Crippen LogP contribution in [0.3, 0.4) is 0 Å². The van der Waals surface area contributed by atoms with Crippen LogP contribution in [0.4, 0.5) is 0 Å². The van der Waals surface area contributed by atoms with Gasteiger partial charge in [0.15, 0.2) is 10.8 Å². The van der Waals surface area contributed by atoms with Gasteiger partial charge < -0.3 is 9.88 Å². The number of nitrogens with zero attached hydrogens (tertiary/aromatic N) is 4. The van der Waals surface area contributed by atoms with Crippen LogP contribution in [-0.2, 0) is 0 Å². The molecule has 2 aromatic rings. The fraction of sp³-hybridized carbons (Fsp3) is 0.375. The third-order valence-electron chi connectivity index (χ3n) is 2.47. The summed E-state index contributed by atoms with van der Waals surface area (Å²) in [5.74, 6) is 0. The Balaban J connectivity index is 2.20. The monoisotopic (exact) mass is 209 g/mol. The molecule has 0 spiro atoms. The lowest BCUT2D eigenvalue weighted by atomic mass is 10.2. The van der Waals surface area contributed by atoms with Gasteiger partial charge in [-0.3, -0.25) is 0 Å². The minimum atomic E-state index is 0.418. The molecular formula is C8H8ClN5. The second kappa shape index (κ2) is 2.90. The first-order valence-electron chi connectivity index (χ1n) is 4.40. The fourth-order valence-corrected chi connectivity index (χ4v) is 1.74. The van der Waals surface area contributed by atoms with E-state index in [-0.39, 0.29) is 0 Å². The highest BCUT2D eigenvalue weighted by atomic mass is 35.5. The zero-order valence-corrected chi connectivity index (χ0v) is 8.07. The molecule has 3 heterocycles. The van der Waals surface area contributed by atoms with Gasteiger partial charge in [0.05, 0.1) is 12.4 Å². The second-order valence-corrected chi connectivity index (χ2v) is 3.66. The molecule has 1 fully saturated rings. The Labute approximate surface area is 85.1 Å². The van der Waals surface area contributed by atoms with Gasteiger partial charge in [-0.2, -0.15) is 0 Å². The average molecular weight is 210 g/mol.